The lowest BCUT2D eigenvalue weighted by Crippen LogP contribution is -2.40. The van der Waals surface area contributed by atoms with Gasteiger partial charge in [0.05, 0.1) is 5.01 Å². The third kappa shape index (κ3) is 2.46. The maximum Gasteiger partial charge on any atom is 0.273 e. The fourth-order valence-electron chi connectivity index (χ4n) is 3.90. The number of carbonyl (C=O) groups excluding carboxylic acids is 2. The lowest BCUT2D eigenvalue weighted by Gasteiger charge is -2.30. The van der Waals surface area contributed by atoms with Crippen LogP contribution in [0.1, 0.15) is 41.2 Å². The SMILES string of the molecule is CNC(=O)C1CCCC12CCN(C(=O)c1csc(C)n1)C2. The van der Waals surface area contributed by atoms with E-state index in [0.29, 0.717) is 12.2 Å². The van der Waals surface area contributed by atoms with E-state index in [2.05, 4.69) is 10.3 Å². The summed E-state index contributed by atoms with van der Waals surface area (Å²) in [5.41, 5.74) is 0.532. The molecular formula is C15H21N3O2S. The van der Waals surface area contributed by atoms with E-state index in [1.54, 1.807) is 7.05 Å². The summed E-state index contributed by atoms with van der Waals surface area (Å²) in [6, 6.07) is 0. The minimum atomic E-state index is -0.0131. The van der Waals surface area contributed by atoms with Gasteiger partial charge < -0.3 is 10.2 Å². The zero-order valence-electron chi connectivity index (χ0n) is 12.5. The molecule has 5 nitrogen and oxygen atoms in total. The Hall–Kier alpha value is -1.43. The number of hydrogen-bond acceptors (Lipinski definition) is 4. The van der Waals surface area contributed by atoms with Gasteiger partial charge >= 0.3 is 0 Å². The summed E-state index contributed by atoms with van der Waals surface area (Å²) >= 11 is 1.50. The molecule has 114 valence electrons. The van der Waals surface area contributed by atoms with Crippen LogP contribution in [-0.2, 0) is 4.79 Å². The Kier molecular flexibility index (Phi) is 3.73. The van der Waals surface area contributed by atoms with Gasteiger partial charge in [0, 0.05) is 36.9 Å². The Balaban J connectivity index is 1.75. The Morgan fingerprint density at radius 1 is 1.48 bits per heavy atom. The number of hydrogen-bond donors (Lipinski definition) is 1. The lowest BCUT2D eigenvalue weighted by atomic mass is 9.76. The van der Waals surface area contributed by atoms with Crippen LogP contribution < -0.4 is 5.32 Å². The number of amides is 2. The van der Waals surface area contributed by atoms with Crippen molar-refractivity contribution >= 4 is 23.2 Å². The van der Waals surface area contributed by atoms with Crippen LogP contribution in [0.15, 0.2) is 5.38 Å². The minimum Gasteiger partial charge on any atom is -0.359 e. The molecule has 6 heteroatoms. The first-order valence-corrected chi connectivity index (χ1v) is 8.37. The summed E-state index contributed by atoms with van der Waals surface area (Å²) in [5, 5.41) is 5.52. The van der Waals surface area contributed by atoms with Crippen molar-refractivity contribution in [1.82, 2.24) is 15.2 Å². The average Bonchev–Trinajstić information content (AvgIpc) is 3.19. The monoisotopic (exact) mass is 307 g/mol. The molecule has 1 spiro atoms. The summed E-state index contributed by atoms with van der Waals surface area (Å²) < 4.78 is 0. The lowest BCUT2D eigenvalue weighted by molar-refractivity contribution is -0.127. The third-order valence-corrected chi connectivity index (χ3v) is 5.75. The van der Waals surface area contributed by atoms with Crippen LogP contribution in [0.3, 0.4) is 0 Å². The molecule has 1 aliphatic carbocycles. The second-order valence-corrected chi connectivity index (χ2v) is 7.21. The van der Waals surface area contributed by atoms with E-state index < -0.39 is 0 Å². The molecule has 2 unspecified atom stereocenters. The summed E-state index contributed by atoms with van der Waals surface area (Å²) in [6.45, 7) is 3.34. The van der Waals surface area contributed by atoms with Gasteiger partial charge in [0.2, 0.25) is 5.91 Å². The second kappa shape index (κ2) is 5.40. The fourth-order valence-corrected chi connectivity index (χ4v) is 4.49. The number of carbonyl (C=O) groups is 2. The molecule has 21 heavy (non-hydrogen) atoms. The van der Waals surface area contributed by atoms with Gasteiger partial charge in [0.25, 0.3) is 5.91 Å². The Morgan fingerprint density at radius 3 is 2.95 bits per heavy atom. The molecule has 0 radical (unpaired) electrons. The largest absolute Gasteiger partial charge is 0.359 e. The van der Waals surface area contributed by atoms with Crippen molar-refractivity contribution in [3.05, 3.63) is 16.1 Å². The third-order valence-electron chi connectivity index (χ3n) is 4.98. The second-order valence-electron chi connectivity index (χ2n) is 6.15. The van der Waals surface area contributed by atoms with Crippen LogP contribution >= 0.6 is 11.3 Å². The molecule has 0 aromatic carbocycles. The van der Waals surface area contributed by atoms with Gasteiger partial charge in [-0.05, 0) is 26.2 Å². The fraction of sp³-hybridized carbons (Fsp3) is 0.667. The van der Waals surface area contributed by atoms with Crippen molar-refractivity contribution < 1.29 is 9.59 Å². The molecule has 0 bridgehead atoms. The van der Waals surface area contributed by atoms with E-state index in [-0.39, 0.29) is 23.1 Å². The number of rotatable bonds is 2. The van der Waals surface area contributed by atoms with Crippen LogP contribution in [0.4, 0.5) is 0 Å². The molecule has 1 aromatic rings. The standard InChI is InChI=1S/C15H21N3O2S/c1-10-17-12(8-21-10)14(20)18-7-6-15(9-18)5-3-4-11(15)13(19)16-2/h8,11H,3-7,9H2,1-2H3,(H,16,19). The van der Waals surface area contributed by atoms with E-state index in [4.69, 9.17) is 0 Å². The van der Waals surface area contributed by atoms with E-state index >= 15 is 0 Å². The van der Waals surface area contributed by atoms with Crippen molar-refractivity contribution in [3.63, 3.8) is 0 Å². The van der Waals surface area contributed by atoms with E-state index in [9.17, 15) is 9.59 Å². The Bertz CT molecular complexity index is 571. The number of nitrogens with one attached hydrogen (secondary N) is 1. The number of nitrogens with zero attached hydrogens (tertiary/aromatic N) is 2. The van der Waals surface area contributed by atoms with Gasteiger partial charge in [0.1, 0.15) is 5.69 Å². The van der Waals surface area contributed by atoms with E-state index in [0.717, 1.165) is 37.2 Å². The number of likely N-dealkylation sites (tertiary alicyclic amines) is 1. The van der Waals surface area contributed by atoms with Crippen LogP contribution in [0.5, 0.6) is 0 Å². The molecule has 2 atom stereocenters. The predicted molar refractivity (Wildman–Crippen MR) is 81.2 cm³/mol. The highest BCUT2D eigenvalue weighted by Gasteiger charge is 2.51. The Labute approximate surface area is 128 Å². The molecule has 1 saturated carbocycles. The predicted octanol–water partition coefficient (Wildman–Crippen LogP) is 1.83. The zero-order chi connectivity index (χ0) is 15.0. The summed E-state index contributed by atoms with van der Waals surface area (Å²) in [5.74, 6) is 0.197. The number of aryl methyl sites for hydroxylation is 1. The number of thiazole rings is 1. The van der Waals surface area contributed by atoms with Crippen molar-refractivity contribution in [3.8, 4) is 0 Å². The first-order chi connectivity index (χ1) is 10.1. The van der Waals surface area contributed by atoms with Gasteiger partial charge in [-0.15, -0.1) is 11.3 Å². The zero-order valence-corrected chi connectivity index (χ0v) is 13.3. The molecule has 2 heterocycles. The van der Waals surface area contributed by atoms with Crippen molar-refractivity contribution in [2.45, 2.75) is 32.6 Å². The molecule has 2 fully saturated rings. The van der Waals surface area contributed by atoms with Crippen molar-refractivity contribution in [2.24, 2.45) is 11.3 Å². The highest BCUT2D eigenvalue weighted by Crippen LogP contribution is 2.50. The maximum atomic E-state index is 12.5. The molecule has 1 aliphatic heterocycles. The highest BCUT2D eigenvalue weighted by atomic mass is 32.1. The van der Waals surface area contributed by atoms with Crippen LogP contribution in [-0.4, -0.2) is 41.8 Å². The van der Waals surface area contributed by atoms with Crippen LogP contribution in [0.25, 0.3) is 0 Å². The molecular weight excluding hydrogens is 286 g/mol. The van der Waals surface area contributed by atoms with Crippen molar-refractivity contribution in [2.75, 3.05) is 20.1 Å². The molecule has 1 saturated heterocycles. The van der Waals surface area contributed by atoms with E-state index in [1.165, 1.54) is 11.3 Å². The molecule has 3 rings (SSSR count). The maximum absolute atomic E-state index is 12.5. The summed E-state index contributed by atoms with van der Waals surface area (Å²) in [4.78, 5) is 30.8. The van der Waals surface area contributed by atoms with Gasteiger partial charge in [-0.1, -0.05) is 6.42 Å². The van der Waals surface area contributed by atoms with Crippen LogP contribution in [0, 0.1) is 18.3 Å². The van der Waals surface area contributed by atoms with Crippen molar-refractivity contribution in [1.29, 1.82) is 0 Å². The smallest absolute Gasteiger partial charge is 0.273 e. The number of aromatic nitrogens is 1. The molecule has 1 aromatic heterocycles. The van der Waals surface area contributed by atoms with E-state index in [1.807, 2.05) is 17.2 Å². The van der Waals surface area contributed by atoms with Crippen LogP contribution in [0.2, 0.25) is 0 Å². The highest BCUT2D eigenvalue weighted by molar-refractivity contribution is 7.09. The first kappa shape index (κ1) is 14.5. The summed E-state index contributed by atoms with van der Waals surface area (Å²) in [6.07, 6.45) is 4.00. The van der Waals surface area contributed by atoms with Gasteiger partial charge in [0.15, 0.2) is 0 Å². The molecule has 2 amide bonds. The molecule has 1 N–H and O–H groups in total. The first-order valence-electron chi connectivity index (χ1n) is 7.49. The minimum absolute atomic E-state index is 0.0128. The Morgan fingerprint density at radius 2 is 2.29 bits per heavy atom. The normalized spacial score (nSPS) is 28.3. The van der Waals surface area contributed by atoms with Gasteiger partial charge in [-0.3, -0.25) is 9.59 Å². The topological polar surface area (TPSA) is 62.3 Å². The van der Waals surface area contributed by atoms with Gasteiger partial charge in [-0.25, -0.2) is 4.98 Å². The average molecular weight is 307 g/mol. The quantitative estimate of drug-likeness (QED) is 0.906. The summed E-state index contributed by atoms with van der Waals surface area (Å²) in [7, 11) is 1.70. The molecule has 2 aliphatic rings. The van der Waals surface area contributed by atoms with Gasteiger partial charge in [-0.2, -0.15) is 0 Å².